The molecule has 0 spiro atoms. The van der Waals surface area contributed by atoms with E-state index in [0.717, 1.165) is 36.0 Å². The van der Waals surface area contributed by atoms with Gasteiger partial charge < -0.3 is 5.32 Å². The molecule has 1 aromatic heterocycles. The molecule has 1 saturated heterocycles. The Morgan fingerprint density at radius 3 is 2.88 bits per heavy atom. The quantitative estimate of drug-likeness (QED) is 0.845. The van der Waals surface area contributed by atoms with Gasteiger partial charge in [0.25, 0.3) is 0 Å². The molecule has 1 N–H and O–H groups in total. The van der Waals surface area contributed by atoms with E-state index in [9.17, 15) is 4.39 Å². The normalized spacial score (nSPS) is 19.7. The fourth-order valence-corrected chi connectivity index (χ4v) is 2.70. The Labute approximate surface area is 104 Å². The molecule has 0 aliphatic carbocycles. The van der Waals surface area contributed by atoms with Crippen LogP contribution in [0.25, 0.3) is 0 Å². The van der Waals surface area contributed by atoms with Crippen LogP contribution in [0.2, 0.25) is 0 Å². The van der Waals surface area contributed by atoms with Crippen LogP contribution in [-0.4, -0.2) is 18.1 Å². The lowest BCUT2D eigenvalue weighted by atomic mass is 9.82. The van der Waals surface area contributed by atoms with Gasteiger partial charge in [0.15, 0.2) is 0 Å². The Balaban J connectivity index is 2.18. The smallest absolute Gasteiger partial charge is 0.216 e. The van der Waals surface area contributed by atoms with Crippen molar-refractivity contribution in [2.45, 2.75) is 25.7 Å². The van der Waals surface area contributed by atoms with Gasteiger partial charge in [-0.3, -0.25) is 0 Å². The van der Waals surface area contributed by atoms with Crippen LogP contribution in [0.3, 0.4) is 0 Å². The molecule has 2 heterocycles. The number of piperidine rings is 1. The lowest BCUT2D eigenvalue weighted by Gasteiger charge is -2.28. The molecule has 1 unspecified atom stereocenters. The number of pyridine rings is 1. The van der Waals surface area contributed by atoms with Gasteiger partial charge in [0.05, 0.1) is 0 Å². The van der Waals surface area contributed by atoms with Crippen LogP contribution in [0, 0.1) is 11.9 Å². The van der Waals surface area contributed by atoms with Gasteiger partial charge in [-0.1, -0.05) is 6.92 Å². The summed E-state index contributed by atoms with van der Waals surface area (Å²) in [6.45, 7) is 4.18. The van der Waals surface area contributed by atoms with Crippen LogP contribution in [-0.2, 0) is 0 Å². The predicted octanol–water partition coefficient (Wildman–Crippen LogP) is 3.09. The molecule has 0 aromatic carbocycles. The van der Waals surface area contributed by atoms with Gasteiger partial charge in [-0.15, -0.1) is 0 Å². The van der Waals surface area contributed by atoms with Gasteiger partial charge in [-0.05, 0) is 59.8 Å². The maximum absolute atomic E-state index is 13.6. The summed E-state index contributed by atoms with van der Waals surface area (Å²) in [6, 6.07) is 1.86. The van der Waals surface area contributed by atoms with Crippen LogP contribution in [0.15, 0.2) is 16.7 Å². The lowest BCUT2D eigenvalue weighted by molar-refractivity contribution is 0.323. The largest absolute Gasteiger partial charge is 0.317 e. The molecule has 1 aromatic rings. The molecule has 1 atom stereocenters. The lowest BCUT2D eigenvalue weighted by Crippen LogP contribution is -2.30. The van der Waals surface area contributed by atoms with E-state index in [1.165, 1.54) is 6.20 Å². The molecule has 0 bridgehead atoms. The van der Waals surface area contributed by atoms with Gasteiger partial charge in [0, 0.05) is 16.2 Å². The summed E-state index contributed by atoms with van der Waals surface area (Å²) in [5.41, 5.74) is 0.737. The van der Waals surface area contributed by atoms with Gasteiger partial charge in [0.2, 0.25) is 5.95 Å². The topological polar surface area (TPSA) is 24.9 Å². The Morgan fingerprint density at radius 2 is 2.19 bits per heavy atom. The minimum Gasteiger partial charge on any atom is -0.317 e. The molecule has 0 radical (unpaired) electrons. The first-order valence-corrected chi connectivity index (χ1v) is 6.49. The number of nitrogens with zero attached hydrogens (tertiary/aromatic N) is 1. The van der Waals surface area contributed by atoms with Crippen LogP contribution in [0.1, 0.15) is 31.2 Å². The van der Waals surface area contributed by atoms with Crippen molar-refractivity contribution in [3.8, 4) is 0 Å². The van der Waals surface area contributed by atoms with Gasteiger partial charge >= 0.3 is 0 Å². The predicted molar refractivity (Wildman–Crippen MR) is 65.9 cm³/mol. The van der Waals surface area contributed by atoms with Crippen LogP contribution < -0.4 is 5.32 Å². The van der Waals surface area contributed by atoms with E-state index in [0.29, 0.717) is 5.92 Å². The number of hydrogen-bond donors (Lipinski definition) is 1. The Kier molecular flexibility index (Phi) is 3.92. The molecule has 16 heavy (non-hydrogen) atoms. The van der Waals surface area contributed by atoms with Crippen molar-refractivity contribution in [3.63, 3.8) is 0 Å². The van der Waals surface area contributed by atoms with Crippen molar-refractivity contribution in [1.82, 2.24) is 10.3 Å². The molecule has 2 nitrogen and oxygen atoms in total. The van der Waals surface area contributed by atoms with E-state index in [1.807, 2.05) is 6.07 Å². The van der Waals surface area contributed by atoms with Crippen molar-refractivity contribution in [2.75, 3.05) is 13.1 Å². The number of aromatic nitrogens is 1. The summed E-state index contributed by atoms with van der Waals surface area (Å²) in [7, 11) is 0. The molecule has 0 saturated carbocycles. The minimum atomic E-state index is -0.325. The molecule has 2 rings (SSSR count). The van der Waals surface area contributed by atoms with E-state index in [4.69, 9.17) is 0 Å². The zero-order chi connectivity index (χ0) is 11.5. The number of halogens is 2. The second kappa shape index (κ2) is 5.23. The average molecular weight is 287 g/mol. The molecule has 1 fully saturated rings. The van der Waals surface area contributed by atoms with Crippen LogP contribution >= 0.6 is 15.9 Å². The summed E-state index contributed by atoms with van der Waals surface area (Å²) in [5.74, 6) is 0.480. The Hall–Kier alpha value is -0.480. The average Bonchev–Trinajstić information content (AvgIpc) is 2.32. The van der Waals surface area contributed by atoms with E-state index >= 15 is 0 Å². The highest BCUT2D eigenvalue weighted by Crippen LogP contribution is 2.32. The fourth-order valence-electron chi connectivity index (χ4n) is 2.36. The van der Waals surface area contributed by atoms with E-state index in [-0.39, 0.29) is 11.9 Å². The molecular weight excluding hydrogens is 271 g/mol. The molecule has 4 heteroatoms. The molecule has 0 amide bonds. The second-order valence-electron chi connectivity index (χ2n) is 4.41. The number of nitrogens with one attached hydrogen (secondary N) is 1. The van der Waals surface area contributed by atoms with E-state index in [2.05, 4.69) is 33.2 Å². The highest BCUT2D eigenvalue weighted by molar-refractivity contribution is 9.10. The standard InChI is InChI=1S/C12H16BrFN2/c1-8(9-2-4-15-5-3-9)11-6-10(13)7-16-12(11)14/h6-9,15H,2-5H2,1H3. The third-order valence-corrected chi connectivity index (χ3v) is 3.85. The Bertz CT molecular complexity index is 364. The maximum Gasteiger partial charge on any atom is 0.216 e. The summed E-state index contributed by atoms with van der Waals surface area (Å²) in [6.07, 6.45) is 3.74. The van der Waals surface area contributed by atoms with Crippen molar-refractivity contribution < 1.29 is 4.39 Å². The first kappa shape index (κ1) is 12.0. The fraction of sp³-hybridized carbons (Fsp3) is 0.583. The summed E-state index contributed by atoms with van der Waals surface area (Å²) in [5, 5.41) is 3.33. The third-order valence-electron chi connectivity index (χ3n) is 3.41. The van der Waals surface area contributed by atoms with Crippen molar-refractivity contribution in [2.24, 2.45) is 5.92 Å². The molecular formula is C12H16BrFN2. The highest BCUT2D eigenvalue weighted by atomic mass is 79.9. The Morgan fingerprint density at radius 1 is 1.50 bits per heavy atom. The third kappa shape index (κ3) is 2.61. The molecule has 1 aliphatic rings. The second-order valence-corrected chi connectivity index (χ2v) is 5.33. The summed E-state index contributed by atoms with van der Waals surface area (Å²) >= 11 is 3.35. The first-order valence-electron chi connectivity index (χ1n) is 5.70. The monoisotopic (exact) mass is 286 g/mol. The van der Waals surface area contributed by atoms with Crippen molar-refractivity contribution in [3.05, 3.63) is 28.2 Å². The minimum absolute atomic E-state index is 0.243. The number of hydrogen-bond acceptors (Lipinski definition) is 2. The van der Waals surface area contributed by atoms with E-state index in [1.54, 1.807) is 0 Å². The number of rotatable bonds is 2. The van der Waals surface area contributed by atoms with Gasteiger partial charge in [-0.25, -0.2) is 4.98 Å². The van der Waals surface area contributed by atoms with Crippen molar-refractivity contribution >= 4 is 15.9 Å². The van der Waals surface area contributed by atoms with Crippen molar-refractivity contribution in [1.29, 1.82) is 0 Å². The zero-order valence-corrected chi connectivity index (χ0v) is 10.9. The van der Waals surface area contributed by atoms with Gasteiger partial charge in [0.1, 0.15) is 0 Å². The van der Waals surface area contributed by atoms with E-state index < -0.39 is 0 Å². The van der Waals surface area contributed by atoms with Crippen LogP contribution in [0.5, 0.6) is 0 Å². The zero-order valence-electron chi connectivity index (χ0n) is 9.34. The summed E-state index contributed by atoms with van der Waals surface area (Å²) in [4.78, 5) is 3.77. The first-order chi connectivity index (χ1) is 7.68. The van der Waals surface area contributed by atoms with Gasteiger partial charge in [-0.2, -0.15) is 4.39 Å². The van der Waals surface area contributed by atoms with Crippen LogP contribution in [0.4, 0.5) is 4.39 Å². The molecule has 88 valence electrons. The summed E-state index contributed by atoms with van der Waals surface area (Å²) < 4.78 is 14.5. The highest BCUT2D eigenvalue weighted by Gasteiger charge is 2.23. The molecule has 1 aliphatic heterocycles. The SMILES string of the molecule is CC(c1cc(Br)cnc1F)C1CCNCC1. The maximum atomic E-state index is 13.6.